The molecule has 2 fully saturated rings. The van der Waals surface area contributed by atoms with Gasteiger partial charge in [-0.25, -0.2) is 4.98 Å². The van der Waals surface area contributed by atoms with Crippen LogP contribution in [0.5, 0.6) is 0 Å². The molecule has 4 rings (SSSR count). The number of aliphatic hydroxyl groups is 1. The lowest BCUT2D eigenvalue weighted by molar-refractivity contribution is 0.117. The molecule has 23 heavy (non-hydrogen) atoms. The Labute approximate surface area is 142 Å². The van der Waals surface area contributed by atoms with Crippen molar-refractivity contribution in [2.45, 2.75) is 76.7 Å². The molecule has 1 atom stereocenters. The van der Waals surface area contributed by atoms with Gasteiger partial charge in [-0.1, -0.05) is 45.4 Å². The van der Waals surface area contributed by atoms with Crippen molar-refractivity contribution in [3.63, 3.8) is 0 Å². The smallest absolute Gasteiger partial charge is 0.120 e. The zero-order chi connectivity index (χ0) is 15.8. The third-order valence-corrected chi connectivity index (χ3v) is 7.09. The molecule has 2 aliphatic carbocycles. The highest BCUT2D eigenvalue weighted by Gasteiger charge is 2.33. The van der Waals surface area contributed by atoms with E-state index in [0.717, 1.165) is 18.0 Å². The van der Waals surface area contributed by atoms with Gasteiger partial charge in [-0.2, -0.15) is 0 Å². The summed E-state index contributed by atoms with van der Waals surface area (Å²) in [6, 6.07) is 0. The van der Waals surface area contributed by atoms with Crippen LogP contribution in [-0.4, -0.2) is 14.5 Å². The normalized spacial score (nSPS) is 26.7. The van der Waals surface area contributed by atoms with E-state index in [4.69, 9.17) is 0 Å². The first kappa shape index (κ1) is 15.6. The van der Waals surface area contributed by atoms with Crippen LogP contribution in [0.15, 0.2) is 12.5 Å². The molecule has 2 heterocycles. The van der Waals surface area contributed by atoms with Gasteiger partial charge in [-0.15, -0.1) is 11.3 Å². The van der Waals surface area contributed by atoms with Crippen LogP contribution in [0.25, 0.3) is 4.83 Å². The summed E-state index contributed by atoms with van der Waals surface area (Å²) in [5.41, 5.74) is 1.15. The maximum absolute atomic E-state index is 11.0. The summed E-state index contributed by atoms with van der Waals surface area (Å²) in [4.78, 5) is 6.88. The van der Waals surface area contributed by atoms with Crippen LogP contribution < -0.4 is 0 Å². The molecule has 2 aromatic rings. The maximum Gasteiger partial charge on any atom is 0.120 e. The minimum Gasteiger partial charge on any atom is -0.387 e. The minimum atomic E-state index is -0.318. The van der Waals surface area contributed by atoms with Crippen LogP contribution in [-0.2, 0) is 0 Å². The van der Waals surface area contributed by atoms with Crippen molar-refractivity contribution in [3.8, 4) is 0 Å². The van der Waals surface area contributed by atoms with Gasteiger partial charge in [0.1, 0.15) is 11.2 Å². The molecular formula is C19H28N2OS. The average molecular weight is 333 g/mol. The molecule has 126 valence electrons. The van der Waals surface area contributed by atoms with Gasteiger partial charge in [0.15, 0.2) is 0 Å². The standard InChI is InChI=1S/C19H28N2OS/c1-2-3-13-4-6-14(7-5-13)10-16(22)18-19(15-8-9-15)23-17-11-20-12-21(17)18/h11-16,22H,2-10H2,1H3. The summed E-state index contributed by atoms with van der Waals surface area (Å²) in [7, 11) is 0. The Morgan fingerprint density at radius 1 is 1.22 bits per heavy atom. The SMILES string of the molecule is CCCC1CCC(CC(O)c2c(C3CC3)sc3cncn23)CC1. The lowest BCUT2D eigenvalue weighted by Gasteiger charge is -2.29. The van der Waals surface area contributed by atoms with E-state index in [1.807, 2.05) is 23.9 Å². The summed E-state index contributed by atoms with van der Waals surface area (Å²) >= 11 is 1.84. The Kier molecular flexibility index (Phi) is 4.46. The van der Waals surface area contributed by atoms with Crippen LogP contribution in [0, 0.1) is 11.8 Å². The van der Waals surface area contributed by atoms with Gasteiger partial charge in [0.05, 0.1) is 18.0 Å². The molecule has 0 spiro atoms. The molecule has 3 nitrogen and oxygen atoms in total. The second-order valence-corrected chi connectivity index (χ2v) is 8.72. The number of thiazole rings is 1. The van der Waals surface area contributed by atoms with Gasteiger partial charge >= 0.3 is 0 Å². The predicted octanol–water partition coefficient (Wildman–Crippen LogP) is 5.30. The molecule has 1 unspecified atom stereocenters. The van der Waals surface area contributed by atoms with Gasteiger partial charge in [0.2, 0.25) is 0 Å². The van der Waals surface area contributed by atoms with Crippen molar-refractivity contribution in [1.82, 2.24) is 9.38 Å². The fourth-order valence-corrected chi connectivity index (χ4v) is 5.70. The van der Waals surface area contributed by atoms with Crippen molar-refractivity contribution >= 4 is 16.2 Å². The van der Waals surface area contributed by atoms with Gasteiger partial charge in [0.25, 0.3) is 0 Å². The van der Waals surface area contributed by atoms with E-state index < -0.39 is 0 Å². The quantitative estimate of drug-likeness (QED) is 0.779. The van der Waals surface area contributed by atoms with E-state index in [1.54, 1.807) is 0 Å². The van der Waals surface area contributed by atoms with Gasteiger partial charge in [0, 0.05) is 4.88 Å². The van der Waals surface area contributed by atoms with E-state index in [0.29, 0.717) is 11.8 Å². The van der Waals surface area contributed by atoms with Gasteiger partial charge in [-0.3, -0.25) is 4.40 Å². The van der Waals surface area contributed by atoms with Crippen molar-refractivity contribution < 1.29 is 5.11 Å². The molecule has 2 saturated carbocycles. The van der Waals surface area contributed by atoms with Crippen molar-refractivity contribution in [2.75, 3.05) is 0 Å². The number of hydrogen-bond acceptors (Lipinski definition) is 3. The van der Waals surface area contributed by atoms with E-state index in [9.17, 15) is 5.11 Å². The van der Waals surface area contributed by atoms with Crippen LogP contribution in [0.1, 0.15) is 87.3 Å². The Morgan fingerprint density at radius 2 is 1.96 bits per heavy atom. The van der Waals surface area contributed by atoms with E-state index in [-0.39, 0.29) is 6.10 Å². The summed E-state index contributed by atoms with van der Waals surface area (Å²) in [5.74, 6) is 2.34. The Hall–Kier alpha value is -0.870. The molecule has 4 heteroatoms. The van der Waals surface area contributed by atoms with Crippen molar-refractivity contribution in [3.05, 3.63) is 23.1 Å². The molecule has 2 aliphatic rings. The average Bonchev–Trinajstić information content (AvgIpc) is 3.18. The predicted molar refractivity (Wildman–Crippen MR) is 95.0 cm³/mol. The molecule has 0 bridgehead atoms. The second-order valence-electron chi connectivity index (χ2n) is 7.65. The van der Waals surface area contributed by atoms with E-state index >= 15 is 0 Å². The fraction of sp³-hybridized carbons (Fsp3) is 0.737. The Morgan fingerprint density at radius 3 is 2.65 bits per heavy atom. The monoisotopic (exact) mass is 332 g/mol. The maximum atomic E-state index is 11.0. The van der Waals surface area contributed by atoms with Crippen LogP contribution in [0.4, 0.5) is 0 Å². The second kappa shape index (κ2) is 6.56. The molecule has 0 saturated heterocycles. The highest BCUT2D eigenvalue weighted by molar-refractivity contribution is 7.17. The first-order valence-corrected chi connectivity index (χ1v) is 10.2. The third kappa shape index (κ3) is 3.20. The lowest BCUT2D eigenvalue weighted by Crippen LogP contribution is -2.17. The summed E-state index contributed by atoms with van der Waals surface area (Å²) in [5, 5.41) is 11.0. The molecule has 2 aromatic heterocycles. The van der Waals surface area contributed by atoms with E-state index in [1.165, 1.54) is 61.1 Å². The largest absolute Gasteiger partial charge is 0.387 e. The Bertz CT molecular complexity index is 649. The number of aromatic nitrogens is 2. The lowest BCUT2D eigenvalue weighted by atomic mass is 9.78. The van der Waals surface area contributed by atoms with E-state index in [2.05, 4.69) is 16.3 Å². The third-order valence-electron chi connectivity index (χ3n) is 5.81. The van der Waals surface area contributed by atoms with Crippen LogP contribution >= 0.6 is 11.3 Å². The van der Waals surface area contributed by atoms with Crippen LogP contribution in [0.3, 0.4) is 0 Å². The van der Waals surface area contributed by atoms with Crippen molar-refractivity contribution in [1.29, 1.82) is 0 Å². The van der Waals surface area contributed by atoms with Crippen molar-refractivity contribution in [2.24, 2.45) is 11.8 Å². The molecule has 0 aliphatic heterocycles. The van der Waals surface area contributed by atoms with Crippen LogP contribution in [0.2, 0.25) is 0 Å². The first-order valence-electron chi connectivity index (χ1n) is 9.39. The van der Waals surface area contributed by atoms with Gasteiger partial charge < -0.3 is 5.11 Å². The molecule has 0 radical (unpaired) electrons. The zero-order valence-corrected chi connectivity index (χ0v) is 14.9. The fourth-order valence-electron chi connectivity index (χ4n) is 4.38. The number of rotatable bonds is 6. The number of aliphatic hydroxyl groups excluding tert-OH is 1. The highest BCUT2D eigenvalue weighted by atomic mass is 32.1. The molecular weight excluding hydrogens is 304 g/mol. The molecule has 1 N–H and O–H groups in total. The topological polar surface area (TPSA) is 37.5 Å². The summed E-state index contributed by atoms with van der Waals surface area (Å²) < 4.78 is 2.14. The van der Waals surface area contributed by atoms with Gasteiger partial charge in [-0.05, 0) is 37.0 Å². The minimum absolute atomic E-state index is 0.318. The highest BCUT2D eigenvalue weighted by Crippen LogP contribution is 2.48. The molecule has 0 aromatic carbocycles. The summed E-state index contributed by atoms with van der Waals surface area (Å²) in [6.07, 6.45) is 15.1. The number of nitrogens with zero attached hydrogens (tertiary/aromatic N) is 2. The number of imidazole rings is 1. The Balaban J connectivity index is 1.46. The first-order chi connectivity index (χ1) is 11.3. The number of fused-ring (bicyclic) bond motifs is 1. The molecule has 0 amide bonds. The number of hydrogen-bond donors (Lipinski definition) is 1. The zero-order valence-electron chi connectivity index (χ0n) is 14.1. The summed E-state index contributed by atoms with van der Waals surface area (Å²) in [6.45, 7) is 2.29.